The van der Waals surface area contributed by atoms with E-state index >= 15 is 0 Å². The van der Waals surface area contributed by atoms with E-state index < -0.39 is 40.5 Å². The summed E-state index contributed by atoms with van der Waals surface area (Å²) in [6, 6.07) is 0.0316. The van der Waals surface area contributed by atoms with E-state index in [1.54, 1.807) is 20.8 Å². The first-order chi connectivity index (χ1) is 8.12. The third kappa shape index (κ3) is 3.22. The highest BCUT2D eigenvalue weighted by molar-refractivity contribution is 5.95. The summed E-state index contributed by atoms with van der Waals surface area (Å²) in [6.45, 7) is 5.15. The summed E-state index contributed by atoms with van der Waals surface area (Å²) in [4.78, 5) is 11.7. The highest BCUT2D eigenvalue weighted by atomic mass is 19.1. The third-order valence-electron chi connectivity index (χ3n) is 2.47. The number of benzene rings is 1. The second-order valence-electron chi connectivity index (χ2n) is 5.08. The lowest BCUT2D eigenvalue weighted by atomic mass is 9.87. The van der Waals surface area contributed by atoms with Gasteiger partial charge in [-0.15, -0.1) is 0 Å². The average Bonchev–Trinajstić information content (AvgIpc) is 2.20. The summed E-state index contributed by atoms with van der Waals surface area (Å²) < 4.78 is 39.3. The van der Waals surface area contributed by atoms with E-state index in [-0.39, 0.29) is 0 Å². The fourth-order valence-corrected chi connectivity index (χ4v) is 1.26. The van der Waals surface area contributed by atoms with Crippen molar-refractivity contribution in [3.8, 4) is 0 Å². The van der Waals surface area contributed by atoms with Gasteiger partial charge in [-0.3, -0.25) is 4.79 Å². The molecular weight excluding hydrogens is 245 g/mol. The van der Waals surface area contributed by atoms with Crippen molar-refractivity contribution in [1.29, 1.82) is 0 Å². The first-order valence-electron chi connectivity index (χ1n) is 5.34. The molecule has 0 fully saturated rings. The Bertz CT molecular complexity index is 446. The lowest BCUT2D eigenvalue weighted by Crippen LogP contribution is -2.45. The van der Waals surface area contributed by atoms with Crippen molar-refractivity contribution in [2.75, 3.05) is 5.32 Å². The number of amides is 1. The van der Waals surface area contributed by atoms with E-state index in [1.807, 2.05) is 5.32 Å². The van der Waals surface area contributed by atoms with Crippen LogP contribution in [0.5, 0.6) is 0 Å². The fraction of sp³-hybridized carbons (Fsp3) is 0.417. The number of carbonyl (C=O) groups is 1. The van der Waals surface area contributed by atoms with E-state index in [0.29, 0.717) is 12.1 Å². The molecule has 1 aromatic rings. The molecule has 3 nitrogen and oxygen atoms in total. The number of nitrogens with two attached hydrogens (primary N) is 1. The molecule has 0 heterocycles. The standard InChI is InChI=1S/C12H15F3N2O/c1-12(2,3)10(16)11(18)17-9-7(14)4-6(13)5-8(9)15/h4-5,10H,16H2,1-3H3,(H,17,18)/t10-/m1/s1. The largest absolute Gasteiger partial charge is 0.320 e. The second-order valence-corrected chi connectivity index (χ2v) is 5.08. The van der Waals surface area contributed by atoms with E-state index in [2.05, 4.69) is 0 Å². The fourth-order valence-electron chi connectivity index (χ4n) is 1.26. The average molecular weight is 260 g/mol. The molecule has 0 aliphatic rings. The smallest absolute Gasteiger partial charge is 0.241 e. The molecule has 100 valence electrons. The molecule has 6 heteroatoms. The van der Waals surface area contributed by atoms with Crippen LogP contribution in [0.4, 0.5) is 18.9 Å². The molecule has 1 rings (SSSR count). The zero-order chi connectivity index (χ0) is 14.1. The maximum atomic E-state index is 13.3. The lowest BCUT2D eigenvalue weighted by Gasteiger charge is -2.25. The summed E-state index contributed by atoms with van der Waals surface area (Å²) in [5, 5.41) is 2.03. The Morgan fingerprint density at radius 3 is 2.06 bits per heavy atom. The van der Waals surface area contributed by atoms with Gasteiger partial charge in [-0.25, -0.2) is 13.2 Å². The summed E-state index contributed by atoms with van der Waals surface area (Å²) in [6.07, 6.45) is 0. The molecule has 3 N–H and O–H groups in total. The van der Waals surface area contributed by atoms with Gasteiger partial charge in [-0.05, 0) is 5.41 Å². The van der Waals surface area contributed by atoms with Crippen LogP contribution in [-0.2, 0) is 4.79 Å². The van der Waals surface area contributed by atoms with Gasteiger partial charge in [0.25, 0.3) is 0 Å². The molecule has 18 heavy (non-hydrogen) atoms. The lowest BCUT2D eigenvalue weighted by molar-refractivity contribution is -0.119. The molecule has 0 saturated carbocycles. The van der Waals surface area contributed by atoms with Gasteiger partial charge in [0, 0.05) is 12.1 Å². The molecule has 0 aromatic heterocycles. The van der Waals surface area contributed by atoms with Crippen LogP contribution in [0.15, 0.2) is 12.1 Å². The Labute approximate surface area is 103 Å². The van der Waals surface area contributed by atoms with Crippen molar-refractivity contribution in [3.05, 3.63) is 29.6 Å². The molecule has 0 saturated heterocycles. The van der Waals surface area contributed by atoms with Crippen molar-refractivity contribution in [2.24, 2.45) is 11.1 Å². The zero-order valence-electron chi connectivity index (χ0n) is 10.4. The van der Waals surface area contributed by atoms with Crippen molar-refractivity contribution in [1.82, 2.24) is 0 Å². The van der Waals surface area contributed by atoms with Crippen LogP contribution in [-0.4, -0.2) is 11.9 Å². The molecule has 0 unspecified atom stereocenters. The van der Waals surface area contributed by atoms with Gasteiger partial charge < -0.3 is 11.1 Å². The summed E-state index contributed by atoms with van der Waals surface area (Å²) in [5.41, 5.74) is 4.39. The number of nitrogens with one attached hydrogen (secondary N) is 1. The minimum Gasteiger partial charge on any atom is -0.320 e. The van der Waals surface area contributed by atoms with Crippen LogP contribution in [0.25, 0.3) is 0 Å². The van der Waals surface area contributed by atoms with E-state index in [4.69, 9.17) is 5.73 Å². The van der Waals surface area contributed by atoms with E-state index in [0.717, 1.165) is 0 Å². The number of rotatable bonds is 2. The third-order valence-corrected chi connectivity index (χ3v) is 2.47. The highest BCUT2D eigenvalue weighted by Crippen LogP contribution is 2.23. The quantitative estimate of drug-likeness (QED) is 0.858. The molecular formula is C12H15F3N2O. The van der Waals surface area contributed by atoms with Crippen LogP contribution in [0.2, 0.25) is 0 Å². The Balaban J connectivity index is 2.96. The number of hydrogen-bond donors (Lipinski definition) is 2. The molecule has 1 amide bonds. The first-order valence-corrected chi connectivity index (χ1v) is 5.34. The number of halogens is 3. The van der Waals surface area contributed by atoms with Gasteiger partial charge in [0.05, 0.1) is 6.04 Å². The second kappa shape index (κ2) is 4.97. The van der Waals surface area contributed by atoms with Crippen molar-refractivity contribution < 1.29 is 18.0 Å². The van der Waals surface area contributed by atoms with Crippen molar-refractivity contribution in [2.45, 2.75) is 26.8 Å². The van der Waals surface area contributed by atoms with Crippen LogP contribution < -0.4 is 11.1 Å². The molecule has 0 aliphatic carbocycles. The summed E-state index contributed by atoms with van der Waals surface area (Å²) >= 11 is 0. The SMILES string of the molecule is CC(C)(C)[C@H](N)C(=O)Nc1c(F)cc(F)cc1F. The number of anilines is 1. The maximum absolute atomic E-state index is 13.3. The molecule has 0 radical (unpaired) electrons. The van der Waals surface area contributed by atoms with Crippen LogP contribution in [0.1, 0.15) is 20.8 Å². The maximum Gasteiger partial charge on any atom is 0.241 e. The monoisotopic (exact) mass is 260 g/mol. The summed E-state index contributed by atoms with van der Waals surface area (Å²) in [7, 11) is 0. The molecule has 0 bridgehead atoms. The van der Waals surface area contributed by atoms with Crippen LogP contribution >= 0.6 is 0 Å². The minimum atomic E-state index is -1.18. The predicted octanol–water partition coefficient (Wildman–Crippen LogP) is 2.42. The van der Waals surface area contributed by atoms with E-state index in [1.165, 1.54) is 0 Å². The Hall–Kier alpha value is -1.56. The highest BCUT2D eigenvalue weighted by Gasteiger charge is 2.28. The van der Waals surface area contributed by atoms with E-state index in [9.17, 15) is 18.0 Å². The first kappa shape index (κ1) is 14.5. The Morgan fingerprint density at radius 2 is 1.67 bits per heavy atom. The topological polar surface area (TPSA) is 55.1 Å². The van der Waals surface area contributed by atoms with Gasteiger partial charge in [0.2, 0.25) is 5.91 Å². The Morgan fingerprint density at radius 1 is 1.22 bits per heavy atom. The summed E-state index contributed by atoms with van der Waals surface area (Å²) in [5.74, 6) is -4.14. The Kier molecular flexibility index (Phi) is 4.01. The van der Waals surface area contributed by atoms with Crippen LogP contribution in [0, 0.1) is 22.9 Å². The molecule has 1 aromatic carbocycles. The van der Waals surface area contributed by atoms with Gasteiger partial charge >= 0.3 is 0 Å². The molecule has 1 atom stereocenters. The van der Waals surface area contributed by atoms with Gasteiger partial charge in [-0.1, -0.05) is 20.8 Å². The minimum absolute atomic E-state index is 0.487. The molecule has 0 spiro atoms. The normalized spacial score (nSPS) is 13.3. The molecule has 0 aliphatic heterocycles. The van der Waals surface area contributed by atoms with Crippen molar-refractivity contribution in [3.63, 3.8) is 0 Å². The number of hydrogen-bond acceptors (Lipinski definition) is 2. The zero-order valence-corrected chi connectivity index (χ0v) is 10.4. The predicted molar refractivity (Wildman–Crippen MR) is 62.4 cm³/mol. The van der Waals surface area contributed by atoms with Gasteiger partial charge in [0.15, 0.2) is 11.6 Å². The van der Waals surface area contributed by atoms with Gasteiger partial charge in [-0.2, -0.15) is 0 Å². The number of carbonyl (C=O) groups excluding carboxylic acids is 1. The van der Waals surface area contributed by atoms with Gasteiger partial charge in [0.1, 0.15) is 11.5 Å². The van der Waals surface area contributed by atoms with Crippen molar-refractivity contribution >= 4 is 11.6 Å². The van der Waals surface area contributed by atoms with Crippen LogP contribution in [0.3, 0.4) is 0 Å².